The topological polar surface area (TPSA) is 189 Å². The van der Waals surface area contributed by atoms with Crippen LogP contribution in [0.25, 0.3) is 0 Å². The van der Waals surface area contributed by atoms with E-state index in [0.29, 0.717) is 43.1 Å². The number of carboxylic acid groups (broad SMARTS) is 2. The molecule has 2 heterocycles. The highest BCUT2D eigenvalue weighted by molar-refractivity contribution is 7.80. The lowest BCUT2D eigenvalue weighted by Gasteiger charge is -2.20. The maximum absolute atomic E-state index is 10.9. The molecule has 0 aliphatic carbocycles. The standard InChI is InChI=1S/C18H22N8O6S/c27-17(28)11-25-9-15(19-22-25)7-24(8-16-10-26(23-20-16)12-18(29)30)6-5-13-1-3-14(4-2-13)21-33(31)32/h1-4,9-10,21H,5-8,11-12H2,(H,27,28)(H,29,30)(H,31,32). The van der Waals surface area contributed by atoms with E-state index in [-0.39, 0.29) is 13.1 Å². The second kappa shape index (κ2) is 11.3. The van der Waals surface area contributed by atoms with Gasteiger partial charge in [-0.1, -0.05) is 22.6 Å². The van der Waals surface area contributed by atoms with Crippen LogP contribution in [0.1, 0.15) is 17.0 Å². The minimum Gasteiger partial charge on any atom is -0.480 e. The van der Waals surface area contributed by atoms with Crippen molar-refractivity contribution in [1.29, 1.82) is 0 Å². The minimum atomic E-state index is -2.14. The van der Waals surface area contributed by atoms with E-state index in [4.69, 9.17) is 14.8 Å². The van der Waals surface area contributed by atoms with Crippen molar-refractivity contribution >= 4 is 28.9 Å². The summed E-state index contributed by atoms with van der Waals surface area (Å²) in [5.74, 6) is -2.05. The van der Waals surface area contributed by atoms with Crippen molar-refractivity contribution in [2.45, 2.75) is 32.6 Å². The van der Waals surface area contributed by atoms with Crippen LogP contribution < -0.4 is 4.72 Å². The Bertz CT molecular complexity index is 1060. The van der Waals surface area contributed by atoms with Crippen LogP contribution in [0, 0.1) is 0 Å². The molecule has 33 heavy (non-hydrogen) atoms. The molecule has 1 aromatic carbocycles. The van der Waals surface area contributed by atoms with Crippen LogP contribution in [0.15, 0.2) is 36.7 Å². The SMILES string of the molecule is O=C(O)Cn1cc(CN(CCc2ccc(NS(=O)O)cc2)Cc2cn(CC(=O)O)nn2)nn1. The van der Waals surface area contributed by atoms with Gasteiger partial charge in [0.05, 0.1) is 23.8 Å². The molecule has 0 aliphatic heterocycles. The Morgan fingerprint density at radius 1 is 0.939 bits per heavy atom. The van der Waals surface area contributed by atoms with E-state index in [0.717, 1.165) is 5.56 Å². The van der Waals surface area contributed by atoms with Gasteiger partial charge in [0.1, 0.15) is 13.1 Å². The average molecular weight is 478 g/mol. The molecule has 0 spiro atoms. The van der Waals surface area contributed by atoms with E-state index in [9.17, 15) is 13.8 Å². The maximum atomic E-state index is 10.9. The Kier molecular flexibility index (Phi) is 8.17. The summed E-state index contributed by atoms with van der Waals surface area (Å²) in [6, 6.07) is 7.06. The molecule has 0 amide bonds. The molecule has 176 valence electrons. The fourth-order valence-electron chi connectivity index (χ4n) is 3.05. The van der Waals surface area contributed by atoms with Gasteiger partial charge in [-0.3, -0.25) is 23.8 Å². The van der Waals surface area contributed by atoms with E-state index in [2.05, 4.69) is 25.3 Å². The Balaban J connectivity index is 1.68. The van der Waals surface area contributed by atoms with E-state index < -0.39 is 23.2 Å². The van der Waals surface area contributed by atoms with E-state index in [1.54, 1.807) is 24.5 Å². The highest BCUT2D eigenvalue weighted by Gasteiger charge is 2.14. The molecular weight excluding hydrogens is 456 g/mol. The fraction of sp³-hybridized carbons (Fsp3) is 0.333. The molecular formula is C18H22N8O6S. The Labute approximate surface area is 190 Å². The van der Waals surface area contributed by atoms with Gasteiger partial charge in [-0.05, 0) is 24.1 Å². The predicted molar refractivity (Wildman–Crippen MR) is 114 cm³/mol. The van der Waals surface area contributed by atoms with Crippen LogP contribution >= 0.6 is 0 Å². The van der Waals surface area contributed by atoms with E-state index in [1.165, 1.54) is 9.36 Å². The van der Waals surface area contributed by atoms with Gasteiger partial charge < -0.3 is 10.2 Å². The Morgan fingerprint density at radius 3 is 1.91 bits per heavy atom. The molecule has 0 bridgehead atoms. The first-order chi connectivity index (χ1) is 15.8. The van der Waals surface area contributed by atoms with Crippen LogP contribution in [-0.4, -0.2) is 72.3 Å². The first-order valence-electron chi connectivity index (χ1n) is 9.67. The molecule has 0 saturated heterocycles. The molecule has 14 nitrogen and oxygen atoms in total. The summed E-state index contributed by atoms with van der Waals surface area (Å²) in [7, 11) is 0. The number of aromatic nitrogens is 6. The smallest absolute Gasteiger partial charge is 0.325 e. The number of rotatable bonds is 13. The predicted octanol–water partition coefficient (Wildman–Crippen LogP) is -0.168. The van der Waals surface area contributed by atoms with Crippen molar-refractivity contribution in [3.63, 3.8) is 0 Å². The molecule has 15 heteroatoms. The summed E-state index contributed by atoms with van der Waals surface area (Å²) in [6.45, 7) is 0.685. The van der Waals surface area contributed by atoms with Gasteiger partial charge in [-0.2, -0.15) is 0 Å². The summed E-state index contributed by atoms with van der Waals surface area (Å²) in [6.07, 6.45) is 3.74. The van der Waals surface area contributed by atoms with Crippen molar-refractivity contribution in [1.82, 2.24) is 34.9 Å². The van der Waals surface area contributed by atoms with E-state index >= 15 is 0 Å². The summed E-state index contributed by atoms with van der Waals surface area (Å²) >= 11 is -2.14. The Hall–Kier alpha value is -3.69. The van der Waals surface area contributed by atoms with Crippen molar-refractivity contribution in [3.05, 3.63) is 53.6 Å². The number of anilines is 1. The van der Waals surface area contributed by atoms with Gasteiger partial charge in [0, 0.05) is 25.3 Å². The van der Waals surface area contributed by atoms with Gasteiger partial charge in [0.15, 0.2) is 0 Å². The second-order valence-corrected chi connectivity index (χ2v) is 7.81. The number of nitrogens with zero attached hydrogens (tertiary/aromatic N) is 7. The first kappa shape index (κ1) is 24.0. The van der Waals surface area contributed by atoms with Crippen LogP contribution in [0.2, 0.25) is 0 Å². The quantitative estimate of drug-likeness (QED) is 0.239. The summed E-state index contributed by atoms with van der Waals surface area (Å²) < 4.78 is 24.6. The fourth-order valence-corrected chi connectivity index (χ4v) is 3.39. The average Bonchev–Trinajstić information content (AvgIpc) is 3.35. The van der Waals surface area contributed by atoms with Crippen molar-refractivity contribution in [3.8, 4) is 0 Å². The van der Waals surface area contributed by atoms with Crippen LogP contribution in [0.5, 0.6) is 0 Å². The number of nitrogens with one attached hydrogen (secondary N) is 1. The molecule has 0 saturated carbocycles. The van der Waals surface area contributed by atoms with Gasteiger partial charge in [-0.25, -0.2) is 13.6 Å². The number of hydrogen-bond donors (Lipinski definition) is 4. The lowest BCUT2D eigenvalue weighted by Crippen LogP contribution is -2.26. The third kappa shape index (κ3) is 8.06. The zero-order chi connectivity index (χ0) is 23.8. The van der Waals surface area contributed by atoms with Gasteiger partial charge in [0.2, 0.25) is 0 Å². The van der Waals surface area contributed by atoms with Crippen LogP contribution in [0.3, 0.4) is 0 Å². The van der Waals surface area contributed by atoms with Gasteiger partial charge in [-0.15, -0.1) is 10.2 Å². The molecule has 0 radical (unpaired) electrons. The minimum absolute atomic E-state index is 0.296. The zero-order valence-electron chi connectivity index (χ0n) is 17.3. The summed E-state index contributed by atoms with van der Waals surface area (Å²) in [5, 5.41) is 33.5. The molecule has 0 aliphatic rings. The molecule has 0 fully saturated rings. The number of hydrogen-bond acceptors (Lipinski definition) is 8. The number of carbonyl (C=O) groups is 2. The summed E-state index contributed by atoms with van der Waals surface area (Å²) in [5.41, 5.74) is 2.64. The maximum Gasteiger partial charge on any atom is 0.325 e. The molecule has 3 rings (SSSR count). The van der Waals surface area contributed by atoms with E-state index in [1.807, 2.05) is 17.0 Å². The van der Waals surface area contributed by atoms with Crippen LogP contribution in [-0.2, 0) is 53.5 Å². The summed E-state index contributed by atoms with van der Waals surface area (Å²) in [4.78, 5) is 23.7. The number of benzene rings is 1. The van der Waals surface area contributed by atoms with Crippen LogP contribution in [0.4, 0.5) is 5.69 Å². The molecule has 4 N–H and O–H groups in total. The first-order valence-corrected chi connectivity index (χ1v) is 10.8. The lowest BCUT2D eigenvalue weighted by molar-refractivity contribution is -0.139. The normalized spacial score (nSPS) is 12.1. The third-order valence-corrected chi connectivity index (χ3v) is 4.82. The van der Waals surface area contributed by atoms with Gasteiger partial charge in [0.25, 0.3) is 11.3 Å². The lowest BCUT2D eigenvalue weighted by atomic mass is 10.1. The zero-order valence-corrected chi connectivity index (χ0v) is 18.1. The molecule has 3 aromatic rings. The highest BCUT2D eigenvalue weighted by Crippen LogP contribution is 2.13. The number of carboxylic acids is 2. The molecule has 2 aromatic heterocycles. The van der Waals surface area contributed by atoms with Crippen molar-refractivity contribution < 1.29 is 28.6 Å². The monoisotopic (exact) mass is 478 g/mol. The molecule has 1 unspecified atom stereocenters. The second-order valence-electron chi connectivity index (χ2n) is 7.11. The van der Waals surface area contributed by atoms with Crippen molar-refractivity contribution in [2.24, 2.45) is 0 Å². The Morgan fingerprint density at radius 2 is 1.45 bits per heavy atom. The van der Waals surface area contributed by atoms with Gasteiger partial charge >= 0.3 is 11.9 Å². The highest BCUT2D eigenvalue weighted by atomic mass is 32.2. The number of aliphatic carboxylic acids is 2. The largest absolute Gasteiger partial charge is 0.480 e. The molecule has 1 atom stereocenters. The van der Waals surface area contributed by atoms with Crippen molar-refractivity contribution in [2.75, 3.05) is 11.3 Å². The third-order valence-electron chi connectivity index (χ3n) is 4.41.